The lowest BCUT2D eigenvalue weighted by Crippen LogP contribution is -2.59. The zero-order valence-electron chi connectivity index (χ0n) is 14.4. The topological polar surface area (TPSA) is 136 Å². The number of hydrogen-bond donors (Lipinski definition) is 4. The summed E-state index contributed by atoms with van der Waals surface area (Å²) >= 11 is 0. The summed E-state index contributed by atoms with van der Waals surface area (Å²) in [4.78, 5) is 19.3. The Balaban J connectivity index is 0.000000980. The molecular formula is C18H25ClN4O3. The Kier molecular flexibility index (Phi) is 4.67. The third kappa shape index (κ3) is 2.74. The van der Waals surface area contributed by atoms with E-state index in [2.05, 4.69) is 15.3 Å². The Bertz CT molecular complexity index is 823. The predicted octanol–water partition coefficient (Wildman–Crippen LogP) is 1.61. The van der Waals surface area contributed by atoms with E-state index in [0.29, 0.717) is 29.4 Å². The number of aliphatic hydroxyl groups is 1. The number of H-pyrrole nitrogens is 1. The molecule has 4 saturated carbocycles. The van der Waals surface area contributed by atoms with Crippen LogP contribution in [0.1, 0.15) is 42.5 Å². The number of halogens is 1. The van der Waals surface area contributed by atoms with Gasteiger partial charge in [-0.25, -0.2) is 4.98 Å². The number of nitrogens with zero attached hydrogens (tertiary/aromatic N) is 1. The van der Waals surface area contributed by atoms with E-state index in [0.717, 1.165) is 36.0 Å². The molecule has 4 aliphatic rings. The molecule has 0 aromatic carbocycles. The summed E-state index contributed by atoms with van der Waals surface area (Å²) in [5, 5.41) is 15.3. The van der Waals surface area contributed by atoms with Crippen LogP contribution in [0.3, 0.4) is 0 Å². The molecule has 2 aromatic rings. The molecule has 7 N–H and O–H groups in total. The zero-order valence-corrected chi connectivity index (χ0v) is 15.2. The summed E-state index contributed by atoms with van der Waals surface area (Å²) in [6.45, 7) is 0. The van der Waals surface area contributed by atoms with Gasteiger partial charge in [-0.1, -0.05) is 0 Å². The lowest BCUT2D eigenvalue weighted by molar-refractivity contribution is -0.129. The third-order valence-electron chi connectivity index (χ3n) is 6.40. The second kappa shape index (κ2) is 6.40. The first kappa shape index (κ1) is 18.9. The highest BCUT2D eigenvalue weighted by Crippen LogP contribution is 2.56. The van der Waals surface area contributed by atoms with Gasteiger partial charge in [-0.15, -0.1) is 12.4 Å². The molecule has 0 spiro atoms. The summed E-state index contributed by atoms with van der Waals surface area (Å²) in [5.41, 5.74) is 7.10. The standard InChI is InChI=1S/C18H22N4O2.ClH.H2O/c19-16(23)13-8-21-17-12(1-2-20-17)15(13)22-14-10-3-9-4-11(14)7-18(24,5-9)6-10;;/h1-2,8-11,14,24H,3-7H2,(H2,19,23)(H2,20,21,22);1H;1H2/t9-,10+,11?,14-,18+;;/m1../s1. The Morgan fingerprint density at radius 2 is 2.00 bits per heavy atom. The van der Waals surface area contributed by atoms with Gasteiger partial charge in [-0.3, -0.25) is 4.79 Å². The van der Waals surface area contributed by atoms with Gasteiger partial charge in [0.2, 0.25) is 0 Å². The molecule has 4 fully saturated rings. The van der Waals surface area contributed by atoms with Crippen LogP contribution in [0.2, 0.25) is 0 Å². The molecule has 7 nitrogen and oxygen atoms in total. The number of rotatable bonds is 3. The molecule has 2 heterocycles. The normalized spacial score (nSPS) is 34.2. The van der Waals surface area contributed by atoms with Crippen molar-refractivity contribution in [2.45, 2.75) is 43.7 Å². The lowest BCUT2D eigenvalue weighted by Gasteiger charge is -2.58. The van der Waals surface area contributed by atoms with Crippen molar-refractivity contribution in [1.82, 2.24) is 9.97 Å². The smallest absolute Gasteiger partial charge is 0.252 e. The summed E-state index contributed by atoms with van der Waals surface area (Å²) in [6.07, 6.45) is 8.42. The minimum absolute atomic E-state index is 0. The number of primary amides is 1. The van der Waals surface area contributed by atoms with Crippen LogP contribution < -0.4 is 11.1 Å². The average molecular weight is 381 g/mol. The average Bonchev–Trinajstić information content (AvgIpc) is 2.97. The Morgan fingerprint density at radius 3 is 2.62 bits per heavy atom. The molecule has 6 rings (SSSR count). The number of aromatic amines is 1. The SMILES string of the molecule is Cl.NC(=O)c1cnc2[nH]ccc2c1N[C@H]1C2C[C@H]3C[C@H]1C[C@](O)(C2)C3.O. The van der Waals surface area contributed by atoms with Gasteiger partial charge in [0.15, 0.2) is 0 Å². The number of carbonyl (C=O) groups excluding carboxylic acids is 1. The number of nitrogens with two attached hydrogens (primary N) is 1. The van der Waals surface area contributed by atoms with Crippen molar-refractivity contribution >= 4 is 35.0 Å². The first-order valence-electron chi connectivity index (χ1n) is 8.77. The second-order valence-corrected chi connectivity index (χ2v) is 8.02. The third-order valence-corrected chi connectivity index (χ3v) is 6.40. The van der Waals surface area contributed by atoms with Gasteiger partial charge < -0.3 is 26.6 Å². The van der Waals surface area contributed by atoms with Crippen molar-refractivity contribution < 1.29 is 15.4 Å². The number of amides is 1. The van der Waals surface area contributed by atoms with E-state index in [1.54, 1.807) is 6.20 Å². The van der Waals surface area contributed by atoms with Crippen LogP contribution in [0.25, 0.3) is 11.0 Å². The molecule has 2 aromatic heterocycles. The molecule has 4 aliphatic carbocycles. The van der Waals surface area contributed by atoms with Crippen molar-refractivity contribution in [3.63, 3.8) is 0 Å². The van der Waals surface area contributed by atoms with Crippen LogP contribution in [0.4, 0.5) is 5.69 Å². The van der Waals surface area contributed by atoms with E-state index in [9.17, 15) is 9.90 Å². The molecule has 142 valence electrons. The monoisotopic (exact) mass is 380 g/mol. The van der Waals surface area contributed by atoms with Gasteiger partial charge >= 0.3 is 0 Å². The van der Waals surface area contributed by atoms with Gasteiger partial charge in [0.25, 0.3) is 5.91 Å². The maximum atomic E-state index is 11.9. The van der Waals surface area contributed by atoms with Crippen molar-refractivity contribution in [2.75, 3.05) is 5.32 Å². The predicted molar refractivity (Wildman–Crippen MR) is 101 cm³/mol. The summed E-state index contributed by atoms with van der Waals surface area (Å²) < 4.78 is 0. The Hall–Kier alpha value is -1.83. The van der Waals surface area contributed by atoms with Gasteiger partial charge in [-0.05, 0) is 55.9 Å². The number of carbonyl (C=O) groups is 1. The fraction of sp³-hybridized carbons (Fsp3) is 0.556. The van der Waals surface area contributed by atoms with Crippen molar-refractivity contribution in [2.24, 2.45) is 23.5 Å². The zero-order chi connectivity index (χ0) is 16.5. The quantitative estimate of drug-likeness (QED) is 0.643. The molecule has 4 bridgehead atoms. The van der Waals surface area contributed by atoms with Gasteiger partial charge in [0.1, 0.15) is 5.65 Å². The summed E-state index contributed by atoms with van der Waals surface area (Å²) in [7, 11) is 0. The minimum Gasteiger partial charge on any atom is -0.412 e. The first-order valence-corrected chi connectivity index (χ1v) is 8.77. The van der Waals surface area contributed by atoms with E-state index in [1.807, 2.05) is 12.3 Å². The molecule has 0 radical (unpaired) electrons. The fourth-order valence-corrected chi connectivity index (χ4v) is 5.73. The number of nitrogens with one attached hydrogen (secondary N) is 2. The number of hydrogen-bond acceptors (Lipinski definition) is 4. The van der Waals surface area contributed by atoms with Crippen LogP contribution >= 0.6 is 12.4 Å². The van der Waals surface area contributed by atoms with E-state index < -0.39 is 11.5 Å². The van der Waals surface area contributed by atoms with Gasteiger partial charge in [0, 0.05) is 23.8 Å². The molecule has 0 aliphatic heterocycles. The largest absolute Gasteiger partial charge is 0.412 e. The van der Waals surface area contributed by atoms with Crippen molar-refractivity contribution in [1.29, 1.82) is 0 Å². The molecule has 0 saturated heterocycles. The molecular weight excluding hydrogens is 356 g/mol. The van der Waals surface area contributed by atoms with Crippen LogP contribution in [-0.4, -0.2) is 38.1 Å². The Labute approximate surface area is 157 Å². The van der Waals surface area contributed by atoms with Crippen molar-refractivity contribution in [3.8, 4) is 0 Å². The summed E-state index contributed by atoms with van der Waals surface area (Å²) in [6, 6.07) is 2.22. The number of pyridine rings is 1. The molecule has 26 heavy (non-hydrogen) atoms. The molecule has 5 atom stereocenters. The second-order valence-electron chi connectivity index (χ2n) is 8.02. The van der Waals surface area contributed by atoms with Crippen LogP contribution in [0, 0.1) is 17.8 Å². The Morgan fingerprint density at radius 1 is 1.31 bits per heavy atom. The van der Waals surface area contributed by atoms with E-state index in [-0.39, 0.29) is 17.9 Å². The first-order chi connectivity index (χ1) is 11.5. The highest BCUT2D eigenvalue weighted by atomic mass is 35.5. The van der Waals surface area contributed by atoms with E-state index in [1.165, 1.54) is 12.8 Å². The number of fused-ring (bicyclic) bond motifs is 1. The van der Waals surface area contributed by atoms with Crippen LogP contribution in [0.5, 0.6) is 0 Å². The maximum Gasteiger partial charge on any atom is 0.252 e. The maximum absolute atomic E-state index is 11.9. The molecule has 1 unspecified atom stereocenters. The van der Waals surface area contributed by atoms with Gasteiger partial charge in [-0.2, -0.15) is 0 Å². The number of aromatic nitrogens is 2. The van der Waals surface area contributed by atoms with Crippen LogP contribution in [0.15, 0.2) is 18.5 Å². The number of anilines is 1. The van der Waals surface area contributed by atoms with E-state index in [4.69, 9.17) is 5.73 Å². The van der Waals surface area contributed by atoms with Gasteiger partial charge in [0.05, 0.1) is 16.9 Å². The molecule has 8 heteroatoms. The molecule has 1 amide bonds. The van der Waals surface area contributed by atoms with Crippen LogP contribution in [-0.2, 0) is 0 Å². The van der Waals surface area contributed by atoms with Crippen molar-refractivity contribution in [3.05, 3.63) is 24.0 Å². The fourth-order valence-electron chi connectivity index (χ4n) is 5.73. The summed E-state index contributed by atoms with van der Waals surface area (Å²) in [5.74, 6) is 1.12. The van der Waals surface area contributed by atoms with E-state index >= 15 is 0 Å². The lowest BCUT2D eigenvalue weighted by atomic mass is 9.52. The highest BCUT2D eigenvalue weighted by Gasteiger charge is 2.54. The minimum atomic E-state index is -0.462. The highest BCUT2D eigenvalue weighted by molar-refractivity contribution is 6.06.